The average molecular weight is 484 g/mol. The number of likely N-dealkylation sites (tertiary alicyclic amines) is 1. The number of nitrogens with zero attached hydrogens (tertiary/aromatic N) is 2. The number of carbonyl (C=O) groups is 2. The van der Waals surface area contributed by atoms with Crippen molar-refractivity contribution < 1.29 is 24.5 Å². The number of benzene rings is 1. The van der Waals surface area contributed by atoms with Gasteiger partial charge in [0.25, 0.3) is 0 Å². The Kier molecular flexibility index (Phi) is 7.74. The molecular formula is C27H37N3O5. The highest BCUT2D eigenvalue weighted by atomic mass is 16.6. The van der Waals surface area contributed by atoms with Gasteiger partial charge in [-0.05, 0) is 84.6 Å². The molecule has 1 unspecified atom stereocenters. The molecule has 3 atom stereocenters. The second-order valence-corrected chi connectivity index (χ2v) is 11.2. The minimum absolute atomic E-state index is 0.137. The van der Waals surface area contributed by atoms with Crippen molar-refractivity contribution in [2.45, 2.75) is 90.1 Å². The summed E-state index contributed by atoms with van der Waals surface area (Å²) in [5, 5.41) is 23.7. The van der Waals surface area contributed by atoms with Crippen LogP contribution in [0.4, 0.5) is 10.6 Å². The Morgan fingerprint density at radius 1 is 1.09 bits per heavy atom. The molecule has 2 heterocycles. The summed E-state index contributed by atoms with van der Waals surface area (Å²) in [5.74, 6) is -0.264. The lowest BCUT2D eigenvalue weighted by Crippen LogP contribution is -2.47. The lowest BCUT2D eigenvalue weighted by Gasteiger charge is -2.35. The first-order valence-corrected chi connectivity index (χ1v) is 12.0. The summed E-state index contributed by atoms with van der Waals surface area (Å²) < 4.78 is 5.70. The summed E-state index contributed by atoms with van der Waals surface area (Å²) in [6.07, 6.45) is 2.10. The van der Waals surface area contributed by atoms with Crippen LogP contribution in [0.1, 0.15) is 82.0 Å². The van der Waals surface area contributed by atoms with Gasteiger partial charge >= 0.3 is 12.1 Å². The minimum Gasteiger partial charge on any atom is -0.478 e. The molecule has 8 heteroatoms. The predicted molar refractivity (Wildman–Crippen MR) is 135 cm³/mol. The SMILES string of the molecule is CC(C)(C)Nc1ccc(C(O)[C@H]2CC[C@@H](Cc3ccc(C(=O)O)cc3)N2C(=O)OC(C)(C)C)cn1. The normalized spacial score (nSPS) is 19.3. The third kappa shape index (κ3) is 7.18. The molecule has 0 bridgehead atoms. The monoisotopic (exact) mass is 483 g/mol. The van der Waals surface area contributed by atoms with Gasteiger partial charge in [0.1, 0.15) is 17.5 Å². The van der Waals surface area contributed by atoms with Crippen LogP contribution in [0.2, 0.25) is 0 Å². The molecule has 1 amide bonds. The van der Waals surface area contributed by atoms with E-state index < -0.39 is 29.8 Å². The van der Waals surface area contributed by atoms with Crippen LogP contribution in [0.15, 0.2) is 42.6 Å². The summed E-state index contributed by atoms with van der Waals surface area (Å²) in [7, 11) is 0. The number of aliphatic hydroxyl groups excluding tert-OH is 1. The van der Waals surface area contributed by atoms with Crippen molar-refractivity contribution in [3.8, 4) is 0 Å². The van der Waals surface area contributed by atoms with Gasteiger partial charge in [-0.1, -0.05) is 18.2 Å². The van der Waals surface area contributed by atoms with Crippen LogP contribution < -0.4 is 5.32 Å². The van der Waals surface area contributed by atoms with E-state index in [0.29, 0.717) is 30.6 Å². The second-order valence-electron chi connectivity index (χ2n) is 11.2. The molecule has 3 N–H and O–H groups in total. The highest BCUT2D eigenvalue weighted by Crippen LogP contribution is 2.36. The van der Waals surface area contributed by atoms with E-state index >= 15 is 0 Å². The van der Waals surface area contributed by atoms with Crippen LogP contribution in [0, 0.1) is 0 Å². The number of aromatic nitrogens is 1. The Hall–Kier alpha value is -3.13. The standard InChI is InChI=1S/C27H37N3O5/c1-26(2,3)29-22-14-11-19(16-28-22)23(31)21-13-12-20(30(21)25(34)35-27(4,5)6)15-17-7-9-18(10-8-17)24(32)33/h7-11,14,16,20-21,23,31H,12-13,15H2,1-6H3,(H,28,29)(H,32,33)/t20-,21+,23?/m0/s1. The van der Waals surface area contributed by atoms with Crippen LogP contribution >= 0.6 is 0 Å². The number of nitrogens with one attached hydrogen (secondary N) is 1. The summed E-state index contributed by atoms with van der Waals surface area (Å²) in [5.41, 5.74) is 0.957. The molecule has 8 nitrogen and oxygen atoms in total. The number of carboxylic acid groups (broad SMARTS) is 1. The zero-order valence-corrected chi connectivity index (χ0v) is 21.4. The number of anilines is 1. The number of carboxylic acids is 1. The Balaban J connectivity index is 1.82. The van der Waals surface area contributed by atoms with Gasteiger partial charge in [-0.25, -0.2) is 14.6 Å². The number of ether oxygens (including phenoxy) is 1. The third-order valence-electron chi connectivity index (χ3n) is 5.82. The fourth-order valence-electron chi connectivity index (χ4n) is 4.34. The van der Waals surface area contributed by atoms with Crippen LogP contribution in [0.25, 0.3) is 0 Å². The van der Waals surface area contributed by atoms with E-state index in [0.717, 1.165) is 5.56 Å². The third-order valence-corrected chi connectivity index (χ3v) is 5.82. The number of hydrogen-bond acceptors (Lipinski definition) is 6. The zero-order valence-electron chi connectivity index (χ0n) is 21.4. The second kappa shape index (κ2) is 10.2. The van der Waals surface area contributed by atoms with Crippen molar-refractivity contribution >= 4 is 17.9 Å². The number of pyridine rings is 1. The number of aliphatic hydroxyl groups is 1. The van der Waals surface area contributed by atoms with Gasteiger partial charge in [-0.15, -0.1) is 0 Å². The van der Waals surface area contributed by atoms with E-state index in [1.807, 2.05) is 53.7 Å². The van der Waals surface area contributed by atoms with Crippen molar-refractivity contribution in [2.24, 2.45) is 0 Å². The fourth-order valence-corrected chi connectivity index (χ4v) is 4.34. The van der Waals surface area contributed by atoms with E-state index in [2.05, 4.69) is 10.3 Å². The molecule has 190 valence electrons. The van der Waals surface area contributed by atoms with Crippen molar-refractivity contribution in [1.82, 2.24) is 9.88 Å². The van der Waals surface area contributed by atoms with Crippen LogP contribution in [0.3, 0.4) is 0 Å². The van der Waals surface area contributed by atoms with Crippen LogP contribution in [-0.4, -0.2) is 55.4 Å². The lowest BCUT2D eigenvalue weighted by atomic mass is 10.0. The smallest absolute Gasteiger partial charge is 0.410 e. The number of aromatic carboxylic acids is 1. The highest BCUT2D eigenvalue weighted by Gasteiger charge is 2.43. The predicted octanol–water partition coefficient (Wildman–Crippen LogP) is 5.03. The molecule has 3 rings (SSSR count). The van der Waals surface area contributed by atoms with E-state index in [1.54, 1.807) is 35.4 Å². The zero-order chi connectivity index (χ0) is 26.0. The first-order chi connectivity index (χ1) is 16.2. The van der Waals surface area contributed by atoms with E-state index in [4.69, 9.17) is 9.84 Å². The topological polar surface area (TPSA) is 112 Å². The largest absolute Gasteiger partial charge is 0.478 e. The molecule has 35 heavy (non-hydrogen) atoms. The molecular weight excluding hydrogens is 446 g/mol. The van der Waals surface area contributed by atoms with Crippen molar-refractivity contribution in [3.63, 3.8) is 0 Å². The van der Waals surface area contributed by atoms with Gasteiger partial charge < -0.3 is 20.3 Å². The molecule has 0 aliphatic carbocycles. The van der Waals surface area contributed by atoms with Crippen molar-refractivity contribution in [2.75, 3.05) is 5.32 Å². The number of hydrogen-bond donors (Lipinski definition) is 3. The summed E-state index contributed by atoms with van der Waals surface area (Å²) in [4.78, 5) is 30.5. The first-order valence-electron chi connectivity index (χ1n) is 12.0. The highest BCUT2D eigenvalue weighted by molar-refractivity contribution is 5.87. The Labute approximate surface area is 207 Å². The van der Waals surface area contributed by atoms with Gasteiger partial charge in [0.15, 0.2) is 0 Å². The van der Waals surface area contributed by atoms with Gasteiger partial charge in [0, 0.05) is 23.3 Å². The average Bonchev–Trinajstić information content (AvgIpc) is 3.15. The molecule has 1 aromatic heterocycles. The van der Waals surface area contributed by atoms with E-state index in [-0.39, 0.29) is 17.1 Å². The van der Waals surface area contributed by atoms with Crippen LogP contribution in [-0.2, 0) is 11.2 Å². The molecule has 1 aliphatic rings. The van der Waals surface area contributed by atoms with E-state index in [9.17, 15) is 14.7 Å². The van der Waals surface area contributed by atoms with Gasteiger partial charge in [0.05, 0.1) is 11.6 Å². The minimum atomic E-state index is -0.978. The Morgan fingerprint density at radius 3 is 2.26 bits per heavy atom. The van der Waals surface area contributed by atoms with Crippen LogP contribution in [0.5, 0.6) is 0 Å². The molecule has 1 saturated heterocycles. The summed E-state index contributed by atoms with van der Waals surface area (Å²) in [6, 6.07) is 9.68. The molecule has 0 saturated carbocycles. The first kappa shape index (κ1) is 26.5. The van der Waals surface area contributed by atoms with Gasteiger partial charge in [-0.3, -0.25) is 4.90 Å². The number of carbonyl (C=O) groups excluding carboxylic acids is 1. The summed E-state index contributed by atoms with van der Waals surface area (Å²) in [6.45, 7) is 11.6. The number of rotatable bonds is 6. The van der Waals surface area contributed by atoms with Crippen molar-refractivity contribution in [1.29, 1.82) is 0 Å². The lowest BCUT2D eigenvalue weighted by molar-refractivity contribution is -0.00459. The van der Waals surface area contributed by atoms with Crippen molar-refractivity contribution in [3.05, 3.63) is 59.3 Å². The molecule has 1 aliphatic heterocycles. The maximum atomic E-state index is 13.3. The molecule has 1 fully saturated rings. The molecule has 0 spiro atoms. The maximum Gasteiger partial charge on any atom is 0.410 e. The fraction of sp³-hybridized carbons (Fsp3) is 0.519. The number of amides is 1. The Morgan fingerprint density at radius 2 is 1.74 bits per heavy atom. The Bertz CT molecular complexity index is 1020. The van der Waals surface area contributed by atoms with Gasteiger partial charge in [0.2, 0.25) is 0 Å². The quantitative estimate of drug-likeness (QED) is 0.528. The molecule has 1 aromatic carbocycles. The maximum absolute atomic E-state index is 13.3. The summed E-state index contributed by atoms with van der Waals surface area (Å²) >= 11 is 0. The van der Waals surface area contributed by atoms with E-state index in [1.165, 1.54) is 0 Å². The molecule has 2 aromatic rings. The van der Waals surface area contributed by atoms with Gasteiger partial charge in [-0.2, -0.15) is 0 Å². The molecule has 0 radical (unpaired) electrons.